The number of aryl methyl sites for hydroxylation is 1. The van der Waals surface area contributed by atoms with E-state index >= 15 is 0 Å². The normalized spacial score (nSPS) is 17.6. The molecule has 1 saturated heterocycles. The number of carbonyl (C=O) groups is 2. The van der Waals surface area contributed by atoms with Gasteiger partial charge in [-0.15, -0.1) is 0 Å². The van der Waals surface area contributed by atoms with E-state index < -0.39 is 0 Å². The minimum atomic E-state index is -0.377. The summed E-state index contributed by atoms with van der Waals surface area (Å²) >= 11 is 0. The van der Waals surface area contributed by atoms with Gasteiger partial charge in [-0.05, 0) is 31.7 Å². The Morgan fingerprint density at radius 1 is 1.29 bits per heavy atom. The van der Waals surface area contributed by atoms with E-state index in [0.29, 0.717) is 28.6 Å². The van der Waals surface area contributed by atoms with Gasteiger partial charge in [0.05, 0.1) is 11.1 Å². The second-order valence-corrected chi connectivity index (χ2v) is 6.24. The lowest BCUT2D eigenvalue weighted by Crippen LogP contribution is -2.39. The third-order valence-corrected chi connectivity index (χ3v) is 4.06. The smallest absolute Gasteiger partial charge is 0.258 e. The van der Waals surface area contributed by atoms with Crippen LogP contribution in [-0.4, -0.2) is 39.9 Å². The molecule has 1 unspecified atom stereocenters. The quantitative estimate of drug-likeness (QED) is 0.935. The van der Waals surface area contributed by atoms with Gasteiger partial charge < -0.3 is 14.7 Å². The molecule has 7 heteroatoms. The summed E-state index contributed by atoms with van der Waals surface area (Å²) in [6, 6.07) is 3.19. The molecule has 1 fully saturated rings. The zero-order valence-corrected chi connectivity index (χ0v) is 13.8. The van der Waals surface area contributed by atoms with E-state index in [0.717, 1.165) is 25.9 Å². The molecule has 2 aromatic heterocycles. The van der Waals surface area contributed by atoms with Gasteiger partial charge in [0, 0.05) is 31.5 Å². The monoisotopic (exact) mass is 328 g/mol. The average molecular weight is 328 g/mol. The molecular weight excluding hydrogens is 308 g/mol. The highest BCUT2D eigenvalue weighted by Gasteiger charge is 2.23. The minimum Gasteiger partial charge on any atom is -0.360 e. The number of carbonyl (C=O) groups excluding carboxylic acids is 2. The van der Waals surface area contributed by atoms with Gasteiger partial charge >= 0.3 is 0 Å². The molecule has 3 heterocycles. The molecule has 0 aliphatic carbocycles. The van der Waals surface area contributed by atoms with Gasteiger partial charge in [0.2, 0.25) is 0 Å². The number of hydrogen-bond donors (Lipinski definition) is 1. The van der Waals surface area contributed by atoms with Crippen LogP contribution >= 0.6 is 0 Å². The molecule has 0 radical (unpaired) electrons. The maximum atomic E-state index is 12.6. The number of hydrogen-bond acceptors (Lipinski definition) is 5. The Balaban J connectivity index is 1.73. The molecule has 1 aliphatic heterocycles. The van der Waals surface area contributed by atoms with Gasteiger partial charge in [-0.3, -0.25) is 14.6 Å². The predicted molar refractivity (Wildman–Crippen MR) is 87.7 cm³/mol. The molecule has 1 atom stereocenters. The minimum absolute atomic E-state index is 0.0824. The number of piperidine rings is 1. The maximum absolute atomic E-state index is 12.6. The lowest BCUT2D eigenvalue weighted by atomic mass is 9.99. The molecule has 0 aromatic carbocycles. The molecule has 126 valence electrons. The van der Waals surface area contributed by atoms with Crippen molar-refractivity contribution in [1.29, 1.82) is 0 Å². The van der Waals surface area contributed by atoms with Crippen molar-refractivity contribution in [2.75, 3.05) is 18.4 Å². The largest absolute Gasteiger partial charge is 0.360 e. The van der Waals surface area contributed by atoms with Crippen LogP contribution in [0.1, 0.15) is 46.2 Å². The second-order valence-electron chi connectivity index (χ2n) is 6.24. The molecule has 1 aliphatic rings. The van der Waals surface area contributed by atoms with Crippen molar-refractivity contribution in [3.63, 3.8) is 0 Å². The molecule has 2 amide bonds. The molecule has 24 heavy (non-hydrogen) atoms. The van der Waals surface area contributed by atoms with Gasteiger partial charge in [-0.2, -0.15) is 0 Å². The van der Waals surface area contributed by atoms with E-state index in [9.17, 15) is 9.59 Å². The Morgan fingerprint density at radius 3 is 2.79 bits per heavy atom. The first kappa shape index (κ1) is 16.2. The number of rotatable bonds is 3. The van der Waals surface area contributed by atoms with Crippen LogP contribution in [0.4, 0.5) is 5.82 Å². The fourth-order valence-corrected chi connectivity index (χ4v) is 2.85. The number of nitrogens with zero attached hydrogens (tertiary/aromatic N) is 3. The van der Waals surface area contributed by atoms with Crippen molar-refractivity contribution in [3.05, 3.63) is 41.4 Å². The van der Waals surface area contributed by atoms with E-state index in [1.807, 2.05) is 4.90 Å². The van der Waals surface area contributed by atoms with E-state index in [1.165, 1.54) is 12.4 Å². The number of pyridine rings is 1. The second kappa shape index (κ2) is 6.82. The standard InChI is InChI=1S/C17H20N4O3/c1-11-4-3-5-21(10-11)17(23)14-7-13(8-18-9-14)16(22)19-15-6-12(2)24-20-15/h6-9,11H,3-5,10H2,1-2H3,(H,19,20,22). The number of nitrogens with one attached hydrogen (secondary N) is 1. The predicted octanol–water partition coefficient (Wildman–Crippen LogP) is 2.50. The highest BCUT2D eigenvalue weighted by atomic mass is 16.5. The third-order valence-electron chi connectivity index (χ3n) is 4.06. The summed E-state index contributed by atoms with van der Waals surface area (Å²) in [5.74, 6) is 0.974. The number of anilines is 1. The average Bonchev–Trinajstić information content (AvgIpc) is 2.99. The van der Waals surface area contributed by atoms with E-state index in [4.69, 9.17) is 4.52 Å². The Hall–Kier alpha value is -2.70. The first-order valence-electron chi connectivity index (χ1n) is 8.02. The lowest BCUT2D eigenvalue weighted by molar-refractivity contribution is 0.0682. The molecule has 2 aromatic rings. The van der Waals surface area contributed by atoms with Crippen LogP contribution in [0.5, 0.6) is 0 Å². The number of likely N-dealkylation sites (tertiary alicyclic amines) is 1. The van der Waals surface area contributed by atoms with Gasteiger partial charge in [-0.25, -0.2) is 0 Å². The Bertz CT molecular complexity index is 756. The first-order chi connectivity index (χ1) is 11.5. The molecule has 7 nitrogen and oxygen atoms in total. The molecule has 0 bridgehead atoms. The van der Waals surface area contributed by atoms with Crippen LogP contribution in [0, 0.1) is 12.8 Å². The van der Waals surface area contributed by atoms with Gasteiger partial charge in [0.15, 0.2) is 5.82 Å². The fraction of sp³-hybridized carbons (Fsp3) is 0.412. The van der Waals surface area contributed by atoms with Crippen molar-refractivity contribution in [2.24, 2.45) is 5.92 Å². The molecule has 1 N–H and O–H groups in total. The Kier molecular flexibility index (Phi) is 4.59. The van der Waals surface area contributed by atoms with Gasteiger partial charge in [0.25, 0.3) is 11.8 Å². The summed E-state index contributed by atoms with van der Waals surface area (Å²) in [6.45, 7) is 5.37. The maximum Gasteiger partial charge on any atom is 0.258 e. The van der Waals surface area contributed by atoms with E-state index in [1.54, 1.807) is 19.1 Å². The summed E-state index contributed by atoms with van der Waals surface area (Å²) in [5.41, 5.74) is 0.736. The lowest BCUT2D eigenvalue weighted by Gasteiger charge is -2.30. The van der Waals surface area contributed by atoms with E-state index in [-0.39, 0.29) is 11.8 Å². The van der Waals surface area contributed by atoms with Crippen LogP contribution in [-0.2, 0) is 0 Å². The van der Waals surface area contributed by atoms with Crippen molar-refractivity contribution in [2.45, 2.75) is 26.7 Å². The summed E-state index contributed by atoms with van der Waals surface area (Å²) in [4.78, 5) is 30.7. The highest BCUT2D eigenvalue weighted by molar-refractivity contribution is 6.05. The first-order valence-corrected chi connectivity index (χ1v) is 8.02. The Labute approximate surface area is 140 Å². The number of amides is 2. The van der Waals surface area contributed by atoms with Crippen LogP contribution < -0.4 is 5.32 Å². The van der Waals surface area contributed by atoms with E-state index in [2.05, 4.69) is 22.4 Å². The summed E-state index contributed by atoms with van der Waals surface area (Å²) in [7, 11) is 0. The summed E-state index contributed by atoms with van der Waals surface area (Å²) in [5, 5.41) is 6.34. The molecule has 0 spiro atoms. The third kappa shape index (κ3) is 3.61. The van der Waals surface area contributed by atoms with Crippen molar-refractivity contribution in [1.82, 2.24) is 15.0 Å². The van der Waals surface area contributed by atoms with Crippen LogP contribution in [0.15, 0.2) is 29.0 Å². The fourth-order valence-electron chi connectivity index (χ4n) is 2.85. The van der Waals surface area contributed by atoms with Gasteiger partial charge in [0.1, 0.15) is 5.76 Å². The summed E-state index contributed by atoms with van der Waals surface area (Å²) in [6.07, 6.45) is 5.07. The number of aromatic nitrogens is 2. The van der Waals surface area contributed by atoms with Gasteiger partial charge in [-0.1, -0.05) is 12.1 Å². The SMILES string of the molecule is Cc1cc(NC(=O)c2cncc(C(=O)N3CCCC(C)C3)c2)no1. The Morgan fingerprint density at radius 2 is 2.08 bits per heavy atom. The highest BCUT2D eigenvalue weighted by Crippen LogP contribution is 2.18. The topological polar surface area (TPSA) is 88.3 Å². The molecule has 0 saturated carbocycles. The molecule has 3 rings (SSSR count). The van der Waals surface area contributed by atoms with Crippen molar-refractivity contribution >= 4 is 17.6 Å². The zero-order valence-electron chi connectivity index (χ0n) is 13.8. The van der Waals surface area contributed by atoms with Crippen molar-refractivity contribution in [3.8, 4) is 0 Å². The van der Waals surface area contributed by atoms with Crippen molar-refractivity contribution < 1.29 is 14.1 Å². The zero-order chi connectivity index (χ0) is 17.1. The van der Waals surface area contributed by atoms with Crippen LogP contribution in [0.25, 0.3) is 0 Å². The van der Waals surface area contributed by atoms with Crippen LogP contribution in [0.2, 0.25) is 0 Å². The van der Waals surface area contributed by atoms with Crippen LogP contribution in [0.3, 0.4) is 0 Å². The summed E-state index contributed by atoms with van der Waals surface area (Å²) < 4.78 is 4.91. The molecular formula is C17H20N4O3.